The van der Waals surface area contributed by atoms with E-state index in [1.54, 1.807) is 13.3 Å². The molecule has 1 rings (SSSR count). The number of nitrogens with zero attached hydrogens (tertiary/aromatic N) is 2. The minimum Gasteiger partial charge on any atom is -0.268 e. The summed E-state index contributed by atoms with van der Waals surface area (Å²) in [5.41, 5.74) is 0. The molecular formula is C15H26F2N2O. The smallest absolute Gasteiger partial charge is 0.266 e. The molecule has 0 aromatic rings. The van der Waals surface area contributed by atoms with Gasteiger partial charge in [-0.15, -0.1) is 0 Å². The average Bonchev–Trinajstić information content (AvgIpc) is 2.98. The van der Waals surface area contributed by atoms with E-state index in [0.29, 0.717) is 5.92 Å². The van der Waals surface area contributed by atoms with E-state index in [-0.39, 0.29) is 18.7 Å². The van der Waals surface area contributed by atoms with Crippen LogP contribution in [0.15, 0.2) is 17.3 Å². The molecule has 116 valence electrons. The predicted molar refractivity (Wildman–Crippen MR) is 78.9 cm³/mol. The summed E-state index contributed by atoms with van der Waals surface area (Å²) in [5, 5.41) is 5.18. The van der Waals surface area contributed by atoms with Gasteiger partial charge >= 0.3 is 0 Å². The Morgan fingerprint density at radius 2 is 2.00 bits per heavy atom. The number of allylic oxidation sites excluding steroid dienone is 1. The molecule has 1 unspecified atom stereocenters. The normalized spacial score (nSPS) is 20.1. The van der Waals surface area contributed by atoms with Gasteiger partial charge in [0.05, 0.1) is 0 Å². The Hall–Kier alpha value is -1.26. The lowest BCUT2D eigenvalue weighted by Gasteiger charge is -2.07. The van der Waals surface area contributed by atoms with Crippen molar-refractivity contribution in [1.82, 2.24) is 5.01 Å². The Balaban J connectivity index is 0.00000172. The van der Waals surface area contributed by atoms with Crippen molar-refractivity contribution >= 4 is 12.1 Å². The highest BCUT2D eigenvalue weighted by molar-refractivity contribution is 5.87. The molecular weight excluding hydrogens is 262 g/mol. The van der Waals surface area contributed by atoms with Crippen molar-refractivity contribution in [2.75, 3.05) is 7.05 Å². The summed E-state index contributed by atoms with van der Waals surface area (Å²) in [6.07, 6.45) is 5.49. The number of likely N-dealkylation sites (N-methyl/N-ethyl adjacent to an activating group) is 1. The second-order valence-electron chi connectivity index (χ2n) is 5.09. The second kappa shape index (κ2) is 8.82. The van der Waals surface area contributed by atoms with Gasteiger partial charge in [0.15, 0.2) is 0 Å². The van der Waals surface area contributed by atoms with Crippen LogP contribution in [-0.4, -0.2) is 30.1 Å². The van der Waals surface area contributed by atoms with E-state index in [0.717, 1.165) is 6.42 Å². The fourth-order valence-corrected chi connectivity index (χ4v) is 1.40. The van der Waals surface area contributed by atoms with Gasteiger partial charge in [-0.2, -0.15) is 5.10 Å². The van der Waals surface area contributed by atoms with Crippen molar-refractivity contribution in [2.24, 2.45) is 16.9 Å². The van der Waals surface area contributed by atoms with E-state index < -0.39 is 11.8 Å². The molecule has 1 saturated carbocycles. The van der Waals surface area contributed by atoms with Gasteiger partial charge in [-0.3, -0.25) is 4.79 Å². The zero-order valence-electron chi connectivity index (χ0n) is 13.1. The van der Waals surface area contributed by atoms with Crippen LogP contribution >= 0.6 is 0 Å². The van der Waals surface area contributed by atoms with Crippen molar-refractivity contribution in [3.8, 4) is 0 Å². The van der Waals surface area contributed by atoms with Crippen LogP contribution in [0.5, 0.6) is 0 Å². The van der Waals surface area contributed by atoms with E-state index >= 15 is 0 Å². The molecule has 3 nitrogen and oxygen atoms in total. The molecule has 0 aromatic heterocycles. The zero-order chi connectivity index (χ0) is 15.8. The molecule has 1 atom stereocenters. The first kappa shape index (κ1) is 18.7. The molecule has 0 saturated heterocycles. The lowest BCUT2D eigenvalue weighted by atomic mass is 10.2. The first-order chi connectivity index (χ1) is 9.33. The fourth-order valence-electron chi connectivity index (χ4n) is 1.40. The van der Waals surface area contributed by atoms with Crippen LogP contribution in [0.25, 0.3) is 0 Å². The quantitative estimate of drug-likeness (QED) is 0.411. The third-order valence-corrected chi connectivity index (χ3v) is 2.79. The summed E-state index contributed by atoms with van der Waals surface area (Å²) in [6, 6.07) is 0. The highest BCUT2D eigenvalue weighted by Gasteiger charge is 2.55. The van der Waals surface area contributed by atoms with E-state index in [2.05, 4.69) is 18.9 Å². The lowest BCUT2D eigenvalue weighted by Crippen LogP contribution is -2.18. The third kappa shape index (κ3) is 7.36. The maximum absolute atomic E-state index is 12.6. The van der Waals surface area contributed by atoms with Crippen LogP contribution in [-0.2, 0) is 4.79 Å². The maximum Gasteiger partial charge on any atom is 0.266 e. The van der Waals surface area contributed by atoms with Gasteiger partial charge in [0.1, 0.15) is 0 Å². The number of halogens is 2. The van der Waals surface area contributed by atoms with Gasteiger partial charge in [0, 0.05) is 31.7 Å². The van der Waals surface area contributed by atoms with Crippen LogP contribution in [0.2, 0.25) is 0 Å². The highest BCUT2D eigenvalue weighted by atomic mass is 19.3. The standard InChI is InChI=1S/C13H20F2N2O.C2H6/c1-10(2)7-8-16-17(3)12(18)6-4-5-11-9-13(11,14)15;1-2/h4,6,8,10-11H,5,7,9H2,1-3H3;1-2H3/b6-4+,16-8-;. The number of alkyl halides is 2. The molecule has 1 aliphatic carbocycles. The third-order valence-electron chi connectivity index (χ3n) is 2.79. The molecule has 0 aliphatic heterocycles. The molecule has 20 heavy (non-hydrogen) atoms. The minimum atomic E-state index is -2.52. The molecule has 5 heteroatoms. The molecule has 0 spiro atoms. The van der Waals surface area contributed by atoms with Gasteiger partial charge in [-0.1, -0.05) is 33.8 Å². The zero-order valence-corrected chi connectivity index (χ0v) is 13.1. The SMILES string of the molecule is CC.CC(C)C/C=N\N(C)C(=O)/C=C/CC1CC1(F)F. The molecule has 0 aromatic carbocycles. The van der Waals surface area contributed by atoms with Gasteiger partial charge < -0.3 is 0 Å². The number of amides is 1. The number of hydrazone groups is 1. The lowest BCUT2D eigenvalue weighted by molar-refractivity contribution is -0.124. The summed E-state index contributed by atoms with van der Waals surface area (Å²) in [7, 11) is 1.55. The topological polar surface area (TPSA) is 32.7 Å². The molecule has 1 aliphatic rings. The van der Waals surface area contributed by atoms with Crippen LogP contribution in [0.3, 0.4) is 0 Å². The van der Waals surface area contributed by atoms with Crippen LogP contribution < -0.4 is 0 Å². The van der Waals surface area contributed by atoms with E-state index in [4.69, 9.17) is 0 Å². The first-order valence-corrected chi connectivity index (χ1v) is 7.17. The van der Waals surface area contributed by atoms with Gasteiger partial charge in [0.25, 0.3) is 11.8 Å². The minimum absolute atomic E-state index is 0.0616. The monoisotopic (exact) mass is 288 g/mol. The van der Waals surface area contributed by atoms with Crippen molar-refractivity contribution in [3.05, 3.63) is 12.2 Å². The summed E-state index contributed by atoms with van der Waals surface area (Å²) in [4.78, 5) is 11.5. The number of carbonyl (C=O) groups is 1. The van der Waals surface area contributed by atoms with Crippen LogP contribution in [0.1, 0.15) is 47.0 Å². The Kier molecular flexibility index (Phi) is 8.26. The molecule has 1 amide bonds. The fraction of sp³-hybridized carbons (Fsp3) is 0.733. The number of rotatable bonds is 6. The second-order valence-corrected chi connectivity index (χ2v) is 5.09. The number of hydrogen-bond donors (Lipinski definition) is 0. The largest absolute Gasteiger partial charge is 0.268 e. The summed E-state index contributed by atoms with van der Waals surface area (Å²) in [5.74, 6) is -2.91. The highest BCUT2D eigenvalue weighted by Crippen LogP contribution is 2.50. The van der Waals surface area contributed by atoms with Gasteiger partial charge in [0.2, 0.25) is 0 Å². The Morgan fingerprint density at radius 3 is 2.45 bits per heavy atom. The number of carbonyl (C=O) groups excluding carboxylic acids is 1. The van der Waals surface area contributed by atoms with Crippen LogP contribution in [0, 0.1) is 11.8 Å². The van der Waals surface area contributed by atoms with E-state index in [1.165, 1.54) is 17.2 Å². The summed E-state index contributed by atoms with van der Waals surface area (Å²) >= 11 is 0. The molecule has 0 bridgehead atoms. The Labute approximate surface area is 120 Å². The van der Waals surface area contributed by atoms with Gasteiger partial charge in [-0.05, 0) is 18.8 Å². The van der Waals surface area contributed by atoms with E-state index in [9.17, 15) is 13.6 Å². The van der Waals surface area contributed by atoms with E-state index in [1.807, 2.05) is 13.8 Å². The molecule has 0 heterocycles. The molecule has 0 radical (unpaired) electrons. The molecule has 1 fully saturated rings. The number of hydrogen-bond acceptors (Lipinski definition) is 2. The van der Waals surface area contributed by atoms with Crippen LogP contribution in [0.4, 0.5) is 8.78 Å². The Bertz CT molecular complexity index is 352. The molecule has 0 N–H and O–H groups in total. The van der Waals surface area contributed by atoms with Crippen molar-refractivity contribution in [1.29, 1.82) is 0 Å². The first-order valence-electron chi connectivity index (χ1n) is 7.17. The summed E-state index contributed by atoms with van der Waals surface area (Å²) in [6.45, 7) is 8.12. The Morgan fingerprint density at radius 1 is 1.45 bits per heavy atom. The predicted octanol–water partition coefficient (Wildman–Crippen LogP) is 4.10. The van der Waals surface area contributed by atoms with Crippen molar-refractivity contribution in [2.45, 2.75) is 52.9 Å². The van der Waals surface area contributed by atoms with Gasteiger partial charge in [-0.25, -0.2) is 13.8 Å². The summed E-state index contributed by atoms with van der Waals surface area (Å²) < 4.78 is 25.1. The maximum atomic E-state index is 12.6. The van der Waals surface area contributed by atoms with Crippen molar-refractivity contribution < 1.29 is 13.6 Å². The van der Waals surface area contributed by atoms with Crippen molar-refractivity contribution in [3.63, 3.8) is 0 Å². The average molecular weight is 288 g/mol.